The van der Waals surface area contributed by atoms with Crippen molar-refractivity contribution in [3.05, 3.63) is 71.8 Å². The van der Waals surface area contributed by atoms with Gasteiger partial charge < -0.3 is 14.2 Å². The van der Waals surface area contributed by atoms with Crippen LogP contribution in [0.1, 0.15) is 30.4 Å². The van der Waals surface area contributed by atoms with Crippen LogP contribution in [0.2, 0.25) is 0 Å². The van der Waals surface area contributed by atoms with Crippen molar-refractivity contribution in [3.63, 3.8) is 0 Å². The Morgan fingerprint density at radius 2 is 1.63 bits per heavy atom. The predicted octanol–water partition coefficient (Wildman–Crippen LogP) is 3.70. The molecule has 2 aromatic rings. The van der Waals surface area contributed by atoms with Crippen LogP contribution in [0.15, 0.2) is 60.7 Å². The van der Waals surface area contributed by atoms with Gasteiger partial charge in [0.05, 0.1) is 45.4 Å². The fourth-order valence-electron chi connectivity index (χ4n) is 3.67. The monoisotopic (exact) mass is 434 g/mol. The van der Waals surface area contributed by atoms with Gasteiger partial charge in [-0.25, -0.2) is 0 Å². The van der Waals surface area contributed by atoms with Gasteiger partial charge in [0.25, 0.3) is 10.1 Å². The molecule has 30 heavy (non-hydrogen) atoms. The first-order valence-corrected chi connectivity index (χ1v) is 12.0. The lowest BCUT2D eigenvalue weighted by Crippen LogP contribution is -2.45. The summed E-state index contributed by atoms with van der Waals surface area (Å²) in [6, 6.07) is 20.0. The third kappa shape index (κ3) is 7.18. The van der Waals surface area contributed by atoms with Gasteiger partial charge in [-0.05, 0) is 30.4 Å². The molecule has 7 heteroatoms. The Labute approximate surface area is 179 Å². The van der Waals surface area contributed by atoms with E-state index in [1.807, 2.05) is 60.7 Å². The molecule has 0 radical (unpaired) electrons. The Balaban J connectivity index is 1.61. The van der Waals surface area contributed by atoms with Crippen molar-refractivity contribution in [3.8, 4) is 0 Å². The van der Waals surface area contributed by atoms with Crippen molar-refractivity contribution >= 4 is 10.1 Å². The van der Waals surface area contributed by atoms with E-state index in [4.69, 9.17) is 18.4 Å². The highest BCUT2D eigenvalue weighted by atomic mass is 32.2. The smallest absolute Gasteiger partial charge is 0.264 e. The van der Waals surface area contributed by atoms with Gasteiger partial charge in [-0.1, -0.05) is 60.7 Å². The lowest BCUT2D eigenvalue weighted by atomic mass is 9.92. The van der Waals surface area contributed by atoms with Crippen LogP contribution in [0.4, 0.5) is 0 Å². The zero-order chi connectivity index (χ0) is 21.3. The van der Waals surface area contributed by atoms with Gasteiger partial charge in [-0.3, -0.25) is 4.18 Å². The molecule has 3 rings (SSSR count). The van der Waals surface area contributed by atoms with E-state index in [1.165, 1.54) is 0 Å². The van der Waals surface area contributed by atoms with Gasteiger partial charge >= 0.3 is 0 Å². The Hall–Kier alpha value is -1.77. The van der Waals surface area contributed by atoms with E-state index in [0.29, 0.717) is 39.3 Å². The first-order chi connectivity index (χ1) is 14.5. The van der Waals surface area contributed by atoms with Crippen molar-refractivity contribution in [2.75, 3.05) is 26.1 Å². The summed E-state index contributed by atoms with van der Waals surface area (Å²) in [6.07, 6.45) is 2.83. The fourth-order valence-corrected chi connectivity index (χ4v) is 4.09. The van der Waals surface area contributed by atoms with Gasteiger partial charge in [-0.2, -0.15) is 8.42 Å². The molecule has 0 bridgehead atoms. The first kappa shape index (κ1) is 22.9. The van der Waals surface area contributed by atoms with Crippen LogP contribution in [-0.4, -0.2) is 46.2 Å². The van der Waals surface area contributed by atoms with Crippen LogP contribution >= 0.6 is 0 Å². The highest BCUT2D eigenvalue weighted by Crippen LogP contribution is 2.34. The molecule has 0 aromatic heterocycles. The van der Waals surface area contributed by atoms with Crippen molar-refractivity contribution in [2.24, 2.45) is 0 Å². The lowest BCUT2D eigenvalue weighted by molar-refractivity contribution is -0.138. The maximum atomic E-state index is 11.3. The summed E-state index contributed by atoms with van der Waals surface area (Å²) in [5.74, 6) is 0. The van der Waals surface area contributed by atoms with Gasteiger partial charge in [0.2, 0.25) is 0 Å². The van der Waals surface area contributed by atoms with Crippen LogP contribution in [0.5, 0.6) is 0 Å². The summed E-state index contributed by atoms with van der Waals surface area (Å²) in [7, 11) is -3.46. The van der Waals surface area contributed by atoms with E-state index in [-0.39, 0.29) is 12.7 Å². The minimum atomic E-state index is -3.46. The second-order valence-corrected chi connectivity index (χ2v) is 9.24. The highest BCUT2D eigenvalue weighted by molar-refractivity contribution is 7.85. The van der Waals surface area contributed by atoms with E-state index in [1.54, 1.807) is 0 Å². The van der Waals surface area contributed by atoms with Crippen molar-refractivity contribution < 1.29 is 26.8 Å². The molecular weight excluding hydrogens is 404 g/mol. The summed E-state index contributed by atoms with van der Waals surface area (Å²) in [4.78, 5) is 0. The molecule has 1 heterocycles. The highest BCUT2D eigenvalue weighted by Gasteiger charge is 2.45. The molecule has 6 nitrogen and oxygen atoms in total. The maximum absolute atomic E-state index is 11.3. The molecule has 164 valence electrons. The third-order valence-electron chi connectivity index (χ3n) is 5.15. The average molecular weight is 435 g/mol. The standard InChI is InChI=1S/C23H30O6S/c1-30(24,25)29-15-8-14-23(19-26-17-20-9-4-2-5-10-20)22(13-16-28-23)27-18-21-11-6-3-7-12-21/h2-7,9-12,22H,8,13-19H2,1H3/t22-,23+/m0/s1. The maximum Gasteiger partial charge on any atom is 0.264 e. The SMILES string of the molecule is CS(=O)(=O)OCCC[C@]1(COCc2ccccc2)OCC[C@@H]1OCc1ccccc1. The molecular formula is C23H30O6S. The van der Waals surface area contributed by atoms with Crippen LogP contribution in [0.25, 0.3) is 0 Å². The molecule has 1 aliphatic rings. The summed E-state index contributed by atoms with van der Waals surface area (Å²) in [5, 5.41) is 0. The van der Waals surface area contributed by atoms with Crippen LogP contribution < -0.4 is 0 Å². The molecule has 0 N–H and O–H groups in total. The Kier molecular flexibility index (Phi) is 8.41. The second kappa shape index (κ2) is 11.0. The second-order valence-electron chi connectivity index (χ2n) is 7.60. The largest absolute Gasteiger partial charge is 0.374 e. The van der Waals surface area contributed by atoms with E-state index < -0.39 is 15.7 Å². The topological polar surface area (TPSA) is 71.1 Å². The number of hydrogen-bond donors (Lipinski definition) is 0. The number of rotatable bonds is 12. The summed E-state index contributed by atoms with van der Waals surface area (Å²) in [6.45, 7) is 2.06. The zero-order valence-electron chi connectivity index (χ0n) is 17.4. The third-order valence-corrected chi connectivity index (χ3v) is 5.74. The summed E-state index contributed by atoms with van der Waals surface area (Å²) < 4.78 is 45.8. The van der Waals surface area contributed by atoms with Crippen LogP contribution in [-0.2, 0) is 41.7 Å². The Morgan fingerprint density at radius 1 is 1.00 bits per heavy atom. The number of hydrogen-bond acceptors (Lipinski definition) is 6. The number of benzene rings is 2. The van der Waals surface area contributed by atoms with E-state index in [2.05, 4.69) is 0 Å². The van der Waals surface area contributed by atoms with Crippen molar-refractivity contribution in [1.29, 1.82) is 0 Å². The van der Waals surface area contributed by atoms with Gasteiger partial charge in [0, 0.05) is 0 Å². The molecule has 2 aromatic carbocycles. The molecule has 0 aliphatic carbocycles. The quantitative estimate of drug-likeness (QED) is 0.375. The zero-order valence-corrected chi connectivity index (χ0v) is 18.2. The summed E-state index contributed by atoms with van der Waals surface area (Å²) >= 11 is 0. The molecule has 1 aliphatic heterocycles. The minimum absolute atomic E-state index is 0.119. The van der Waals surface area contributed by atoms with E-state index in [9.17, 15) is 8.42 Å². The van der Waals surface area contributed by atoms with Crippen molar-refractivity contribution in [2.45, 2.75) is 44.2 Å². The van der Waals surface area contributed by atoms with Crippen LogP contribution in [0.3, 0.4) is 0 Å². The van der Waals surface area contributed by atoms with Gasteiger partial charge in [-0.15, -0.1) is 0 Å². The fraction of sp³-hybridized carbons (Fsp3) is 0.478. The molecule has 0 spiro atoms. The Bertz CT molecular complexity index is 856. The lowest BCUT2D eigenvalue weighted by Gasteiger charge is -2.34. The van der Waals surface area contributed by atoms with Gasteiger partial charge in [0.1, 0.15) is 5.60 Å². The molecule has 1 saturated heterocycles. The van der Waals surface area contributed by atoms with Gasteiger partial charge in [0.15, 0.2) is 0 Å². The van der Waals surface area contributed by atoms with E-state index >= 15 is 0 Å². The average Bonchev–Trinajstić information content (AvgIpc) is 3.13. The van der Waals surface area contributed by atoms with E-state index in [0.717, 1.165) is 23.8 Å². The molecule has 0 saturated carbocycles. The first-order valence-electron chi connectivity index (χ1n) is 10.2. The molecule has 1 fully saturated rings. The van der Waals surface area contributed by atoms with Crippen LogP contribution in [0, 0.1) is 0 Å². The molecule has 0 amide bonds. The number of ether oxygens (including phenoxy) is 3. The summed E-state index contributed by atoms with van der Waals surface area (Å²) in [5.41, 5.74) is 1.57. The van der Waals surface area contributed by atoms with Crippen molar-refractivity contribution in [1.82, 2.24) is 0 Å². The minimum Gasteiger partial charge on any atom is -0.374 e. The molecule has 2 atom stereocenters. The normalized spacial score (nSPS) is 21.7. The Morgan fingerprint density at radius 3 is 2.27 bits per heavy atom. The predicted molar refractivity (Wildman–Crippen MR) is 114 cm³/mol. The molecule has 0 unspecified atom stereocenters.